The number of carbonyl (C=O) groups is 1. The van der Waals surface area contributed by atoms with Crippen molar-refractivity contribution in [2.24, 2.45) is 33.2 Å². The van der Waals surface area contributed by atoms with Crippen LogP contribution in [0.4, 0.5) is 4.39 Å². The van der Waals surface area contributed by atoms with Crippen molar-refractivity contribution in [2.45, 2.75) is 65.1 Å². The van der Waals surface area contributed by atoms with E-state index in [0.29, 0.717) is 4.90 Å². The maximum Gasteiger partial charge on any atom is 0.259 e. The van der Waals surface area contributed by atoms with Crippen molar-refractivity contribution in [3.63, 3.8) is 0 Å². The first-order valence-electron chi connectivity index (χ1n) is 13.1. The number of amides is 1. The Kier molecular flexibility index (Phi) is 9.48. The van der Waals surface area contributed by atoms with Crippen LogP contribution in [0, 0.1) is 23.7 Å². The van der Waals surface area contributed by atoms with E-state index in [1.54, 1.807) is 18.2 Å². The minimum absolute atomic E-state index is 0.0741. The van der Waals surface area contributed by atoms with E-state index in [-0.39, 0.29) is 30.1 Å². The number of rotatable bonds is 8. The van der Waals surface area contributed by atoms with Gasteiger partial charge in [-0.3, -0.25) is 4.79 Å². The minimum Gasteiger partial charge on any atom is -0.305 e. The highest BCUT2D eigenvalue weighted by Crippen LogP contribution is 2.42. The van der Waals surface area contributed by atoms with Crippen molar-refractivity contribution in [1.29, 1.82) is 0 Å². The molecule has 3 rings (SSSR count). The van der Waals surface area contributed by atoms with Crippen LogP contribution in [0.15, 0.2) is 80.1 Å². The average molecular weight is 528 g/mol. The summed E-state index contributed by atoms with van der Waals surface area (Å²) in [6.45, 7) is 11.1. The molecule has 4 atom stereocenters. The summed E-state index contributed by atoms with van der Waals surface area (Å²) in [6.07, 6.45) is 7.57. The van der Waals surface area contributed by atoms with Crippen LogP contribution in [0.2, 0.25) is 0 Å². The Labute approximate surface area is 222 Å². The summed E-state index contributed by atoms with van der Waals surface area (Å²) in [6, 6.07) is 7.10. The van der Waals surface area contributed by atoms with E-state index in [2.05, 4.69) is 38.1 Å². The van der Waals surface area contributed by atoms with E-state index in [1.807, 2.05) is 50.2 Å². The third-order valence-electron chi connectivity index (χ3n) is 7.14. The Hall–Kier alpha value is -2.35. The molecule has 0 radical (unpaired) electrons. The zero-order chi connectivity index (χ0) is 27.5. The van der Waals surface area contributed by atoms with E-state index in [9.17, 15) is 13.4 Å². The van der Waals surface area contributed by atoms with Crippen molar-refractivity contribution in [1.82, 2.24) is 4.90 Å². The summed E-state index contributed by atoms with van der Waals surface area (Å²) in [4.78, 5) is 15.5. The second-order valence-electron chi connectivity index (χ2n) is 11.3. The number of hydrogen-bond donors (Lipinski definition) is 1. The van der Waals surface area contributed by atoms with Crippen LogP contribution >= 0.6 is 0 Å². The van der Waals surface area contributed by atoms with Gasteiger partial charge >= 0.3 is 0 Å². The predicted octanol–water partition coefficient (Wildman–Crippen LogP) is 6.39. The first-order chi connectivity index (χ1) is 17.3. The van der Waals surface area contributed by atoms with Crippen molar-refractivity contribution in [3.8, 4) is 0 Å². The molecule has 5 nitrogen and oxygen atoms in total. The predicted molar refractivity (Wildman–Crippen MR) is 151 cm³/mol. The fourth-order valence-corrected chi connectivity index (χ4v) is 6.03. The third kappa shape index (κ3) is 7.37. The highest BCUT2D eigenvalue weighted by Gasteiger charge is 2.31. The van der Waals surface area contributed by atoms with Gasteiger partial charge in [-0.2, -0.15) is 0 Å². The first-order valence-corrected chi connectivity index (χ1v) is 14.7. The Bertz CT molecular complexity index is 1250. The van der Waals surface area contributed by atoms with Crippen LogP contribution < -0.4 is 5.14 Å². The summed E-state index contributed by atoms with van der Waals surface area (Å²) in [5.74, 6) is -0.0736. The topological polar surface area (TPSA) is 75.8 Å². The lowest BCUT2D eigenvalue weighted by atomic mass is 9.71. The zero-order valence-corrected chi connectivity index (χ0v) is 24.0. The van der Waals surface area contributed by atoms with Gasteiger partial charge in [0.2, 0.25) is 0 Å². The molecule has 0 fully saturated rings. The summed E-state index contributed by atoms with van der Waals surface area (Å²) in [5.41, 5.74) is 5.17. The Morgan fingerprint density at radius 3 is 2.38 bits per heavy atom. The molecule has 2 aliphatic rings. The largest absolute Gasteiger partial charge is 0.305 e. The van der Waals surface area contributed by atoms with Gasteiger partial charge in [-0.15, -0.1) is 4.36 Å². The fraction of sp³-hybridized carbons (Fsp3) is 0.500. The van der Waals surface area contributed by atoms with E-state index in [0.717, 1.165) is 40.8 Å². The molecule has 37 heavy (non-hydrogen) atoms. The van der Waals surface area contributed by atoms with Crippen LogP contribution in [0.25, 0.3) is 0 Å². The first kappa shape index (κ1) is 29.2. The molecular weight excluding hydrogens is 485 g/mol. The molecule has 2 aliphatic carbocycles. The van der Waals surface area contributed by atoms with Crippen LogP contribution in [0.1, 0.15) is 53.0 Å². The number of allylic oxidation sites excluding steroid dienone is 7. The number of benzene rings is 1. The zero-order valence-electron chi connectivity index (χ0n) is 23.2. The lowest BCUT2D eigenvalue weighted by molar-refractivity contribution is -0.117. The van der Waals surface area contributed by atoms with Gasteiger partial charge in [0.05, 0.1) is 11.3 Å². The summed E-state index contributed by atoms with van der Waals surface area (Å²) in [7, 11) is 0.594. The number of carbonyl (C=O) groups excluding carboxylic acids is 1. The number of halogens is 1. The second kappa shape index (κ2) is 12.0. The van der Waals surface area contributed by atoms with Gasteiger partial charge in [0.15, 0.2) is 0 Å². The molecule has 1 aromatic carbocycles. The van der Waals surface area contributed by atoms with Gasteiger partial charge < -0.3 is 4.90 Å². The van der Waals surface area contributed by atoms with E-state index in [4.69, 9.17) is 5.14 Å². The van der Waals surface area contributed by atoms with Gasteiger partial charge in [0.25, 0.3) is 5.91 Å². The van der Waals surface area contributed by atoms with Gasteiger partial charge in [-0.05, 0) is 78.8 Å². The molecule has 0 bridgehead atoms. The maximum absolute atomic E-state index is 14.5. The number of nitrogens with two attached hydrogens (primary N) is 1. The number of hydrogen-bond acceptors (Lipinski definition) is 3. The van der Waals surface area contributed by atoms with Crippen molar-refractivity contribution in [2.75, 3.05) is 14.1 Å². The van der Waals surface area contributed by atoms with Crippen LogP contribution in [0.3, 0.4) is 0 Å². The average Bonchev–Trinajstić information content (AvgIpc) is 2.80. The lowest BCUT2D eigenvalue weighted by Gasteiger charge is -2.33. The molecule has 0 aromatic heterocycles. The van der Waals surface area contributed by atoms with E-state index >= 15 is 0 Å². The molecule has 0 spiro atoms. The molecule has 3 unspecified atom stereocenters. The second-order valence-corrected chi connectivity index (χ2v) is 13.0. The quantitative estimate of drug-likeness (QED) is 0.426. The lowest BCUT2D eigenvalue weighted by Crippen LogP contribution is -2.23. The van der Waals surface area contributed by atoms with Gasteiger partial charge in [-0.25, -0.2) is 13.7 Å². The minimum atomic E-state index is -3.36. The SMILES string of the molecule is CC(C)C1=C(CC(=O)N=S(N)(=O)c2ccc(CN(C)C)cc2)C(C(C)C)CC(C2=CC(F)[C@H](C)C=C2)=C1. The summed E-state index contributed by atoms with van der Waals surface area (Å²) < 4.78 is 31.7. The molecule has 0 heterocycles. The van der Waals surface area contributed by atoms with Crippen LogP contribution in [-0.2, 0) is 21.3 Å². The molecule has 202 valence electrons. The van der Waals surface area contributed by atoms with Crippen LogP contribution in [-0.4, -0.2) is 35.3 Å². The van der Waals surface area contributed by atoms with Gasteiger partial charge in [0, 0.05) is 12.5 Å². The highest BCUT2D eigenvalue weighted by atomic mass is 32.2. The summed E-state index contributed by atoms with van der Waals surface area (Å²) >= 11 is 0. The fourth-order valence-electron chi connectivity index (χ4n) is 5.03. The standard InChI is InChI=1S/C30H42FN3O2S/c1-19(2)26-14-24(23-11-8-21(5)29(31)16-23)15-27(20(3)4)28(26)17-30(35)33-37(32,36)25-12-9-22(10-13-25)18-34(6)7/h8-14,16,19-21,27,29H,15,17-18H2,1-7H3,(H2,32,33,35,36)/t21-,27?,29?,37?/m1/s1. The molecule has 0 saturated carbocycles. The Balaban J connectivity index is 1.94. The molecule has 7 heteroatoms. The van der Waals surface area contributed by atoms with E-state index in [1.165, 1.54) is 0 Å². The van der Waals surface area contributed by atoms with Crippen LogP contribution in [0.5, 0.6) is 0 Å². The normalized spacial score (nSPS) is 23.8. The summed E-state index contributed by atoms with van der Waals surface area (Å²) in [5, 5.41) is 6.08. The maximum atomic E-state index is 14.5. The smallest absolute Gasteiger partial charge is 0.259 e. The van der Waals surface area contributed by atoms with Crippen molar-refractivity contribution >= 4 is 15.8 Å². The van der Waals surface area contributed by atoms with Gasteiger partial charge in [0.1, 0.15) is 16.1 Å². The third-order valence-corrected chi connectivity index (χ3v) is 8.57. The van der Waals surface area contributed by atoms with Gasteiger partial charge in [-0.1, -0.05) is 70.6 Å². The van der Waals surface area contributed by atoms with E-state index < -0.39 is 22.0 Å². The molecular formula is C30H42FN3O2S. The Morgan fingerprint density at radius 2 is 1.84 bits per heavy atom. The Morgan fingerprint density at radius 1 is 1.19 bits per heavy atom. The monoisotopic (exact) mass is 527 g/mol. The molecule has 1 aromatic rings. The van der Waals surface area contributed by atoms with Crippen molar-refractivity contribution in [3.05, 3.63) is 76.4 Å². The molecule has 0 saturated heterocycles. The number of nitrogens with zero attached hydrogens (tertiary/aromatic N) is 2. The number of alkyl halides is 1. The highest BCUT2D eigenvalue weighted by molar-refractivity contribution is 7.91. The van der Waals surface area contributed by atoms with Crippen molar-refractivity contribution < 1.29 is 13.4 Å². The molecule has 0 aliphatic heterocycles. The molecule has 1 amide bonds. The molecule has 2 N–H and O–H groups in total.